The van der Waals surface area contributed by atoms with E-state index in [1.165, 1.54) is 0 Å². The number of carbonyl (C=O) groups is 1. The molecule has 0 saturated carbocycles. The largest absolute Gasteiger partial charge is 0.478 e. The first kappa shape index (κ1) is 12.6. The molecule has 1 aromatic rings. The van der Waals surface area contributed by atoms with Gasteiger partial charge in [-0.05, 0) is 30.9 Å². The molecule has 0 aliphatic rings. The summed E-state index contributed by atoms with van der Waals surface area (Å²) >= 11 is 0. The number of halogens is 2. The Labute approximate surface area is 92.9 Å². The van der Waals surface area contributed by atoms with Gasteiger partial charge in [0.1, 0.15) is 11.6 Å². The molecule has 0 aliphatic carbocycles. The zero-order valence-corrected chi connectivity index (χ0v) is 9.26. The van der Waals surface area contributed by atoms with Crippen molar-refractivity contribution in [1.82, 2.24) is 0 Å². The summed E-state index contributed by atoms with van der Waals surface area (Å²) in [6.45, 7) is 3.92. The second kappa shape index (κ2) is 5.05. The number of rotatable bonds is 4. The van der Waals surface area contributed by atoms with Crippen LogP contribution in [-0.4, -0.2) is 11.1 Å². The number of hydrogen-bond acceptors (Lipinski definition) is 1. The van der Waals surface area contributed by atoms with Gasteiger partial charge in [-0.25, -0.2) is 13.6 Å². The highest BCUT2D eigenvalue weighted by Gasteiger charge is 2.14. The monoisotopic (exact) mass is 228 g/mol. The SMILES string of the molecule is CC(C)CCc1c(F)cc(C(=O)O)cc1F. The molecule has 2 nitrogen and oxygen atoms in total. The summed E-state index contributed by atoms with van der Waals surface area (Å²) in [5, 5.41) is 8.61. The molecule has 1 rings (SSSR count). The Kier molecular flexibility index (Phi) is 3.99. The highest BCUT2D eigenvalue weighted by atomic mass is 19.1. The van der Waals surface area contributed by atoms with E-state index in [2.05, 4.69) is 0 Å². The standard InChI is InChI=1S/C12H14F2O2/c1-7(2)3-4-9-10(13)5-8(12(15)16)6-11(9)14/h5-7H,3-4H2,1-2H3,(H,15,16). The third-order valence-electron chi connectivity index (χ3n) is 2.36. The van der Waals surface area contributed by atoms with Crippen LogP contribution in [0.15, 0.2) is 12.1 Å². The van der Waals surface area contributed by atoms with E-state index in [1.54, 1.807) is 0 Å². The van der Waals surface area contributed by atoms with Gasteiger partial charge in [-0.1, -0.05) is 13.8 Å². The van der Waals surface area contributed by atoms with Crippen LogP contribution in [0.3, 0.4) is 0 Å². The molecule has 0 atom stereocenters. The molecule has 0 aromatic heterocycles. The van der Waals surface area contributed by atoms with Crippen LogP contribution in [0.25, 0.3) is 0 Å². The Balaban J connectivity index is 2.98. The van der Waals surface area contributed by atoms with Gasteiger partial charge in [0.05, 0.1) is 5.56 Å². The maximum Gasteiger partial charge on any atom is 0.335 e. The lowest BCUT2D eigenvalue weighted by atomic mass is 10.0. The van der Waals surface area contributed by atoms with Crippen molar-refractivity contribution in [3.05, 3.63) is 34.9 Å². The van der Waals surface area contributed by atoms with Crippen LogP contribution in [0.4, 0.5) is 8.78 Å². The Morgan fingerprint density at radius 1 is 1.31 bits per heavy atom. The van der Waals surface area contributed by atoms with Gasteiger partial charge in [-0.3, -0.25) is 0 Å². The first-order valence-corrected chi connectivity index (χ1v) is 5.13. The lowest BCUT2D eigenvalue weighted by molar-refractivity contribution is 0.0695. The quantitative estimate of drug-likeness (QED) is 0.858. The molecule has 16 heavy (non-hydrogen) atoms. The zero-order chi connectivity index (χ0) is 12.3. The number of carboxylic acids is 1. The number of carboxylic acid groups (broad SMARTS) is 1. The summed E-state index contributed by atoms with van der Waals surface area (Å²) in [6.07, 6.45) is 0.954. The molecule has 0 bridgehead atoms. The second-order valence-corrected chi connectivity index (χ2v) is 4.16. The molecular weight excluding hydrogens is 214 g/mol. The molecular formula is C12H14F2O2. The van der Waals surface area contributed by atoms with Crippen molar-refractivity contribution in [2.75, 3.05) is 0 Å². The van der Waals surface area contributed by atoms with Crippen LogP contribution in [-0.2, 0) is 6.42 Å². The zero-order valence-electron chi connectivity index (χ0n) is 9.26. The van der Waals surface area contributed by atoms with Crippen molar-refractivity contribution in [1.29, 1.82) is 0 Å². The third kappa shape index (κ3) is 3.02. The summed E-state index contributed by atoms with van der Waals surface area (Å²) in [6, 6.07) is 1.72. The van der Waals surface area contributed by atoms with Crippen LogP contribution in [0.1, 0.15) is 36.2 Å². The van der Waals surface area contributed by atoms with Crippen LogP contribution in [0.5, 0.6) is 0 Å². The smallest absolute Gasteiger partial charge is 0.335 e. The van der Waals surface area contributed by atoms with E-state index in [4.69, 9.17) is 5.11 Å². The summed E-state index contributed by atoms with van der Waals surface area (Å²) in [4.78, 5) is 10.5. The molecule has 0 fully saturated rings. The van der Waals surface area contributed by atoms with Gasteiger partial charge >= 0.3 is 5.97 Å². The minimum atomic E-state index is -1.33. The fraction of sp³-hybridized carbons (Fsp3) is 0.417. The Hall–Kier alpha value is -1.45. The van der Waals surface area contributed by atoms with Crippen molar-refractivity contribution >= 4 is 5.97 Å². The summed E-state index contributed by atoms with van der Waals surface area (Å²) in [5.41, 5.74) is -0.387. The van der Waals surface area contributed by atoms with E-state index >= 15 is 0 Å². The van der Waals surface area contributed by atoms with Gasteiger partial charge < -0.3 is 5.11 Å². The molecule has 0 aliphatic heterocycles. The van der Waals surface area contributed by atoms with E-state index in [0.717, 1.165) is 12.1 Å². The average molecular weight is 228 g/mol. The number of hydrogen-bond donors (Lipinski definition) is 1. The molecule has 0 heterocycles. The van der Waals surface area contributed by atoms with E-state index < -0.39 is 17.6 Å². The minimum absolute atomic E-state index is 0.0290. The summed E-state index contributed by atoms with van der Waals surface area (Å²) < 4.78 is 26.8. The first-order valence-electron chi connectivity index (χ1n) is 5.13. The van der Waals surface area contributed by atoms with Crippen molar-refractivity contribution in [2.45, 2.75) is 26.7 Å². The van der Waals surface area contributed by atoms with Crippen LogP contribution in [0, 0.1) is 17.6 Å². The molecule has 1 N–H and O–H groups in total. The summed E-state index contributed by atoms with van der Waals surface area (Å²) in [7, 11) is 0. The molecule has 1 aromatic carbocycles. The molecule has 88 valence electrons. The fourth-order valence-electron chi connectivity index (χ4n) is 1.40. The summed E-state index contributed by atoms with van der Waals surface area (Å²) in [5.74, 6) is -2.54. The molecule has 4 heteroatoms. The predicted octanol–water partition coefficient (Wildman–Crippen LogP) is 3.25. The molecule has 0 spiro atoms. The van der Waals surface area contributed by atoms with Crippen molar-refractivity contribution in [3.63, 3.8) is 0 Å². The van der Waals surface area contributed by atoms with E-state index in [1.807, 2.05) is 13.8 Å². The Morgan fingerprint density at radius 2 is 1.81 bits per heavy atom. The van der Waals surface area contributed by atoms with Gasteiger partial charge in [0.2, 0.25) is 0 Å². The minimum Gasteiger partial charge on any atom is -0.478 e. The highest BCUT2D eigenvalue weighted by molar-refractivity contribution is 5.87. The van der Waals surface area contributed by atoms with Gasteiger partial charge in [0.15, 0.2) is 0 Å². The topological polar surface area (TPSA) is 37.3 Å². The normalized spacial score (nSPS) is 10.8. The third-order valence-corrected chi connectivity index (χ3v) is 2.36. The van der Waals surface area contributed by atoms with Crippen LogP contribution in [0.2, 0.25) is 0 Å². The molecule has 0 radical (unpaired) electrons. The van der Waals surface area contributed by atoms with Crippen molar-refractivity contribution < 1.29 is 18.7 Å². The second-order valence-electron chi connectivity index (χ2n) is 4.16. The van der Waals surface area contributed by atoms with E-state index in [9.17, 15) is 13.6 Å². The first-order chi connectivity index (χ1) is 7.41. The Bertz CT molecular complexity index is 377. The maximum atomic E-state index is 13.4. The van der Waals surface area contributed by atoms with Crippen LogP contribution >= 0.6 is 0 Å². The van der Waals surface area contributed by atoms with Gasteiger partial charge in [0.25, 0.3) is 0 Å². The maximum absolute atomic E-state index is 13.4. The molecule has 0 saturated heterocycles. The highest BCUT2D eigenvalue weighted by Crippen LogP contribution is 2.19. The van der Waals surface area contributed by atoms with Crippen molar-refractivity contribution in [2.24, 2.45) is 5.92 Å². The van der Waals surface area contributed by atoms with E-state index in [-0.39, 0.29) is 17.5 Å². The fourth-order valence-corrected chi connectivity index (χ4v) is 1.40. The van der Waals surface area contributed by atoms with Crippen LogP contribution < -0.4 is 0 Å². The number of benzene rings is 1. The van der Waals surface area contributed by atoms with Crippen molar-refractivity contribution in [3.8, 4) is 0 Å². The average Bonchev–Trinajstić information content (AvgIpc) is 2.15. The lowest BCUT2D eigenvalue weighted by Crippen LogP contribution is -2.04. The van der Waals surface area contributed by atoms with Gasteiger partial charge in [0, 0.05) is 5.56 Å². The molecule has 0 unspecified atom stereocenters. The molecule has 0 amide bonds. The lowest BCUT2D eigenvalue weighted by Gasteiger charge is -2.08. The van der Waals surface area contributed by atoms with Gasteiger partial charge in [-0.2, -0.15) is 0 Å². The Morgan fingerprint density at radius 3 is 2.19 bits per heavy atom. The van der Waals surface area contributed by atoms with E-state index in [0.29, 0.717) is 12.3 Å². The number of aromatic carboxylic acids is 1. The van der Waals surface area contributed by atoms with Gasteiger partial charge in [-0.15, -0.1) is 0 Å². The predicted molar refractivity (Wildman–Crippen MR) is 56.5 cm³/mol.